The van der Waals surface area contributed by atoms with Crippen molar-refractivity contribution in [3.05, 3.63) is 53.1 Å². The molecule has 3 rings (SSSR count). The zero-order chi connectivity index (χ0) is 17.1. The molecule has 126 valence electrons. The van der Waals surface area contributed by atoms with Gasteiger partial charge >= 0.3 is 0 Å². The Labute approximate surface area is 146 Å². The summed E-state index contributed by atoms with van der Waals surface area (Å²) in [6, 6.07) is 12.9. The number of halogens is 1. The largest absolute Gasteiger partial charge is 0.395 e. The maximum absolute atomic E-state index is 13.0. The molecule has 0 fully saturated rings. The minimum Gasteiger partial charge on any atom is -0.395 e. The Morgan fingerprint density at radius 2 is 1.79 bits per heavy atom. The summed E-state index contributed by atoms with van der Waals surface area (Å²) in [6.45, 7) is 1.36. The van der Waals surface area contributed by atoms with Crippen LogP contribution in [0.15, 0.2) is 42.5 Å². The lowest BCUT2D eigenvalue weighted by atomic mass is 10.1. The van der Waals surface area contributed by atoms with Crippen molar-refractivity contribution < 1.29 is 9.90 Å². The number of benzene rings is 2. The lowest BCUT2D eigenvalue weighted by Crippen LogP contribution is -2.33. The zero-order valence-electron chi connectivity index (χ0n) is 13.3. The number of rotatable bonds is 5. The summed E-state index contributed by atoms with van der Waals surface area (Å²) in [7, 11) is 0. The SMILES string of the molecule is NCCCN1c2ccccc2C(=O)N(CCO)c2ccc(Cl)cc21. The monoisotopic (exact) mass is 345 g/mol. The van der Waals surface area contributed by atoms with Crippen molar-refractivity contribution in [1.82, 2.24) is 0 Å². The molecule has 2 aromatic rings. The number of hydrogen-bond acceptors (Lipinski definition) is 4. The molecule has 0 aromatic heterocycles. The number of hydrogen-bond donors (Lipinski definition) is 2. The zero-order valence-corrected chi connectivity index (χ0v) is 14.0. The van der Waals surface area contributed by atoms with E-state index in [0.29, 0.717) is 23.7 Å². The van der Waals surface area contributed by atoms with Gasteiger partial charge in [0.15, 0.2) is 0 Å². The van der Waals surface area contributed by atoms with Crippen LogP contribution in [-0.2, 0) is 0 Å². The third-order valence-corrected chi connectivity index (χ3v) is 4.33. The number of fused-ring (bicyclic) bond motifs is 2. The van der Waals surface area contributed by atoms with Crippen LogP contribution in [0, 0.1) is 0 Å². The van der Waals surface area contributed by atoms with Crippen LogP contribution in [0.2, 0.25) is 5.02 Å². The predicted molar refractivity (Wildman–Crippen MR) is 97.3 cm³/mol. The quantitative estimate of drug-likeness (QED) is 0.874. The normalized spacial score (nSPS) is 13.5. The number of aliphatic hydroxyl groups is 1. The summed E-state index contributed by atoms with van der Waals surface area (Å²) in [5.74, 6) is -0.126. The smallest absolute Gasteiger partial charge is 0.260 e. The van der Waals surface area contributed by atoms with E-state index in [1.165, 1.54) is 0 Å². The molecule has 0 saturated heterocycles. The first-order chi connectivity index (χ1) is 11.7. The fourth-order valence-electron chi connectivity index (χ4n) is 3.03. The molecular weight excluding hydrogens is 326 g/mol. The maximum Gasteiger partial charge on any atom is 0.260 e. The minimum atomic E-state index is -0.126. The second-order valence-corrected chi connectivity index (χ2v) is 6.06. The average Bonchev–Trinajstić information content (AvgIpc) is 2.68. The second-order valence-electron chi connectivity index (χ2n) is 5.62. The van der Waals surface area contributed by atoms with Gasteiger partial charge < -0.3 is 20.6 Å². The van der Waals surface area contributed by atoms with Crippen molar-refractivity contribution >= 4 is 34.6 Å². The molecule has 0 spiro atoms. The van der Waals surface area contributed by atoms with Crippen molar-refractivity contribution in [2.45, 2.75) is 6.42 Å². The van der Waals surface area contributed by atoms with E-state index in [2.05, 4.69) is 4.90 Å². The number of amides is 1. The van der Waals surface area contributed by atoms with Gasteiger partial charge in [0.25, 0.3) is 5.91 Å². The van der Waals surface area contributed by atoms with Gasteiger partial charge in [-0.05, 0) is 43.3 Å². The van der Waals surface area contributed by atoms with Crippen LogP contribution in [0.1, 0.15) is 16.8 Å². The lowest BCUT2D eigenvalue weighted by Gasteiger charge is -2.27. The van der Waals surface area contributed by atoms with Gasteiger partial charge in [-0.15, -0.1) is 0 Å². The molecule has 24 heavy (non-hydrogen) atoms. The summed E-state index contributed by atoms with van der Waals surface area (Å²) in [5, 5.41) is 10.0. The fourth-order valence-corrected chi connectivity index (χ4v) is 3.19. The predicted octanol–water partition coefficient (Wildman–Crippen LogP) is 2.78. The number of para-hydroxylation sites is 1. The molecule has 0 aliphatic carbocycles. The van der Waals surface area contributed by atoms with E-state index < -0.39 is 0 Å². The molecule has 2 aromatic carbocycles. The first kappa shape index (κ1) is 16.8. The Morgan fingerprint density at radius 1 is 1.00 bits per heavy atom. The number of nitrogens with two attached hydrogens (primary N) is 1. The molecule has 1 aliphatic rings. The van der Waals surface area contributed by atoms with E-state index in [1.54, 1.807) is 11.0 Å². The third-order valence-electron chi connectivity index (χ3n) is 4.10. The molecule has 6 heteroatoms. The second kappa shape index (κ2) is 7.21. The number of nitrogens with zero attached hydrogens (tertiary/aromatic N) is 2. The summed E-state index contributed by atoms with van der Waals surface area (Å²) in [6.07, 6.45) is 0.786. The summed E-state index contributed by atoms with van der Waals surface area (Å²) < 4.78 is 0. The first-order valence-corrected chi connectivity index (χ1v) is 8.34. The van der Waals surface area contributed by atoms with E-state index >= 15 is 0 Å². The van der Waals surface area contributed by atoms with Gasteiger partial charge in [0.2, 0.25) is 0 Å². The van der Waals surface area contributed by atoms with Gasteiger partial charge in [-0.3, -0.25) is 4.79 Å². The van der Waals surface area contributed by atoms with E-state index in [9.17, 15) is 9.90 Å². The van der Waals surface area contributed by atoms with E-state index in [1.807, 2.05) is 36.4 Å². The van der Waals surface area contributed by atoms with Crippen molar-refractivity contribution in [1.29, 1.82) is 0 Å². The van der Waals surface area contributed by atoms with Crippen LogP contribution in [0.4, 0.5) is 17.1 Å². The highest BCUT2D eigenvalue weighted by atomic mass is 35.5. The summed E-state index contributed by atoms with van der Waals surface area (Å²) >= 11 is 6.21. The van der Waals surface area contributed by atoms with Gasteiger partial charge in [-0.2, -0.15) is 0 Å². The van der Waals surface area contributed by atoms with Gasteiger partial charge in [-0.1, -0.05) is 23.7 Å². The standard InChI is InChI=1S/C18H20ClN3O2/c19-13-6-7-16-17(12-13)21(9-3-8-20)15-5-2-1-4-14(15)18(24)22(16)10-11-23/h1-2,4-7,12,23H,3,8-11,20H2. The molecule has 0 unspecified atom stereocenters. The van der Waals surface area contributed by atoms with E-state index in [0.717, 1.165) is 23.5 Å². The van der Waals surface area contributed by atoms with E-state index in [-0.39, 0.29) is 19.1 Å². The van der Waals surface area contributed by atoms with E-state index in [4.69, 9.17) is 17.3 Å². The van der Waals surface area contributed by atoms with Crippen molar-refractivity contribution in [3.8, 4) is 0 Å². The number of anilines is 3. The maximum atomic E-state index is 13.0. The number of carbonyl (C=O) groups excluding carboxylic acids is 1. The van der Waals surface area contributed by atoms with Crippen molar-refractivity contribution in [2.24, 2.45) is 5.73 Å². The van der Waals surface area contributed by atoms with Crippen LogP contribution < -0.4 is 15.5 Å². The molecule has 3 N–H and O–H groups in total. The molecule has 1 aliphatic heterocycles. The molecular formula is C18H20ClN3O2. The molecule has 0 saturated carbocycles. The van der Waals surface area contributed by atoms with Crippen LogP contribution in [0.3, 0.4) is 0 Å². The van der Waals surface area contributed by atoms with Crippen LogP contribution in [0.25, 0.3) is 0 Å². The Bertz CT molecular complexity index is 751. The molecule has 0 bridgehead atoms. The van der Waals surface area contributed by atoms with Gasteiger partial charge in [-0.25, -0.2) is 0 Å². The van der Waals surface area contributed by atoms with Crippen molar-refractivity contribution in [2.75, 3.05) is 36.0 Å². The third kappa shape index (κ3) is 2.98. The Kier molecular flexibility index (Phi) is 5.04. The highest BCUT2D eigenvalue weighted by Gasteiger charge is 2.30. The molecule has 5 nitrogen and oxygen atoms in total. The Hall–Kier alpha value is -2.08. The average molecular weight is 346 g/mol. The molecule has 1 amide bonds. The van der Waals surface area contributed by atoms with Gasteiger partial charge in [0.05, 0.1) is 29.2 Å². The Morgan fingerprint density at radius 3 is 2.54 bits per heavy atom. The first-order valence-electron chi connectivity index (χ1n) is 7.96. The summed E-state index contributed by atoms with van der Waals surface area (Å²) in [5.41, 5.74) is 8.73. The molecule has 0 radical (unpaired) electrons. The van der Waals surface area contributed by atoms with Crippen molar-refractivity contribution in [3.63, 3.8) is 0 Å². The van der Waals surface area contributed by atoms with Crippen LogP contribution in [-0.4, -0.2) is 37.3 Å². The fraction of sp³-hybridized carbons (Fsp3) is 0.278. The Balaban J connectivity index is 2.23. The summed E-state index contributed by atoms with van der Waals surface area (Å²) in [4.78, 5) is 16.7. The van der Waals surface area contributed by atoms with Crippen LogP contribution >= 0.6 is 11.6 Å². The minimum absolute atomic E-state index is 0.112. The molecule has 1 heterocycles. The molecule has 0 atom stereocenters. The highest BCUT2D eigenvalue weighted by molar-refractivity contribution is 6.31. The van der Waals surface area contributed by atoms with Gasteiger partial charge in [0, 0.05) is 18.1 Å². The van der Waals surface area contributed by atoms with Gasteiger partial charge in [0.1, 0.15) is 0 Å². The number of carbonyl (C=O) groups is 1. The number of aliphatic hydroxyl groups excluding tert-OH is 1. The highest BCUT2D eigenvalue weighted by Crippen LogP contribution is 2.41. The lowest BCUT2D eigenvalue weighted by molar-refractivity contribution is 0.0982. The van der Waals surface area contributed by atoms with Crippen LogP contribution in [0.5, 0.6) is 0 Å². The number of β-amino-alcohol motifs (C(OH)–C–C–N with tert-alkyl or cyclic N) is 1. The topological polar surface area (TPSA) is 69.8 Å².